The van der Waals surface area contributed by atoms with Crippen molar-refractivity contribution in [2.75, 3.05) is 0 Å². The summed E-state index contributed by atoms with van der Waals surface area (Å²) in [4.78, 5) is 12.6. The maximum atomic E-state index is 12.9. The van der Waals surface area contributed by atoms with E-state index in [1.807, 2.05) is 37.3 Å². The molecule has 0 spiro atoms. The Morgan fingerprint density at radius 1 is 1.10 bits per heavy atom. The first-order valence-electron chi connectivity index (χ1n) is 7.24. The van der Waals surface area contributed by atoms with Crippen LogP contribution in [0.5, 0.6) is 0 Å². The Kier molecular flexibility index (Phi) is 3.50. The van der Waals surface area contributed by atoms with E-state index in [0.29, 0.717) is 0 Å². The lowest BCUT2D eigenvalue weighted by atomic mass is 9.94. The van der Waals surface area contributed by atoms with E-state index in [9.17, 15) is 9.18 Å². The van der Waals surface area contributed by atoms with Crippen LogP contribution in [0.15, 0.2) is 54.6 Å². The van der Waals surface area contributed by atoms with E-state index >= 15 is 0 Å². The molecule has 0 aromatic heterocycles. The van der Waals surface area contributed by atoms with Crippen molar-refractivity contribution in [2.45, 2.75) is 31.2 Å². The van der Waals surface area contributed by atoms with Crippen LogP contribution < -0.4 is 5.32 Å². The molecule has 1 fully saturated rings. The average Bonchev–Trinajstić information content (AvgIpc) is 3.30. The third-order valence-corrected chi connectivity index (χ3v) is 4.23. The summed E-state index contributed by atoms with van der Waals surface area (Å²) in [5, 5.41) is 3.06. The third-order valence-electron chi connectivity index (χ3n) is 4.23. The van der Waals surface area contributed by atoms with Crippen molar-refractivity contribution in [3.63, 3.8) is 0 Å². The standard InChI is InChI=1S/C18H18FNO/c1-13(14-7-9-16(19)10-8-14)20-17(21)18(11-12-18)15-5-3-2-4-6-15/h2-10,13H,11-12H2,1H3,(H,20,21)/t13-/m1/s1. The van der Waals surface area contributed by atoms with Gasteiger partial charge >= 0.3 is 0 Å². The Morgan fingerprint density at radius 3 is 2.29 bits per heavy atom. The zero-order valence-electron chi connectivity index (χ0n) is 12.0. The lowest BCUT2D eigenvalue weighted by Crippen LogP contribution is -2.36. The van der Waals surface area contributed by atoms with Crippen molar-refractivity contribution < 1.29 is 9.18 Å². The van der Waals surface area contributed by atoms with Gasteiger partial charge in [-0.3, -0.25) is 4.79 Å². The second-order valence-corrected chi connectivity index (χ2v) is 5.69. The van der Waals surface area contributed by atoms with Gasteiger partial charge in [0, 0.05) is 0 Å². The second-order valence-electron chi connectivity index (χ2n) is 5.69. The SMILES string of the molecule is C[C@@H](NC(=O)C1(c2ccccc2)CC1)c1ccc(F)cc1. The molecule has 0 aliphatic heterocycles. The van der Waals surface area contributed by atoms with Gasteiger partial charge in [-0.2, -0.15) is 0 Å². The van der Waals surface area contributed by atoms with Crippen LogP contribution >= 0.6 is 0 Å². The zero-order chi connectivity index (χ0) is 14.9. The minimum atomic E-state index is -0.366. The average molecular weight is 283 g/mol. The Labute approximate surface area is 124 Å². The summed E-state index contributed by atoms with van der Waals surface area (Å²) in [6.45, 7) is 1.92. The lowest BCUT2D eigenvalue weighted by Gasteiger charge is -2.20. The minimum Gasteiger partial charge on any atom is -0.349 e. The molecule has 1 aliphatic rings. The monoisotopic (exact) mass is 283 g/mol. The van der Waals surface area contributed by atoms with Crippen LogP contribution in [-0.2, 0) is 10.2 Å². The van der Waals surface area contributed by atoms with Gasteiger partial charge in [-0.15, -0.1) is 0 Å². The Balaban J connectivity index is 1.73. The van der Waals surface area contributed by atoms with Crippen LogP contribution in [0.1, 0.15) is 36.9 Å². The fraction of sp³-hybridized carbons (Fsp3) is 0.278. The maximum absolute atomic E-state index is 12.9. The molecule has 2 aromatic rings. The molecule has 3 heteroatoms. The first-order valence-corrected chi connectivity index (χ1v) is 7.24. The number of halogens is 1. The predicted octanol–water partition coefficient (Wildman–Crippen LogP) is 3.73. The van der Waals surface area contributed by atoms with Crippen LogP contribution in [0.2, 0.25) is 0 Å². The van der Waals surface area contributed by atoms with Gasteiger partial charge in [-0.1, -0.05) is 42.5 Å². The number of hydrogen-bond donors (Lipinski definition) is 1. The molecular weight excluding hydrogens is 265 g/mol. The first-order chi connectivity index (χ1) is 10.1. The van der Waals surface area contributed by atoms with Crippen molar-refractivity contribution in [1.29, 1.82) is 0 Å². The molecule has 0 bridgehead atoms. The highest BCUT2D eigenvalue weighted by atomic mass is 19.1. The number of carbonyl (C=O) groups is 1. The molecule has 0 heterocycles. The Morgan fingerprint density at radius 2 is 1.71 bits per heavy atom. The van der Waals surface area contributed by atoms with E-state index in [1.54, 1.807) is 12.1 Å². The molecule has 21 heavy (non-hydrogen) atoms. The van der Waals surface area contributed by atoms with Crippen LogP contribution in [0.4, 0.5) is 4.39 Å². The van der Waals surface area contributed by atoms with Gasteiger partial charge in [0.05, 0.1) is 11.5 Å². The summed E-state index contributed by atoms with van der Waals surface area (Å²) >= 11 is 0. The highest BCUT2D eigenvalue weighted by Gasteiger charge is 2.51. The molecule has 3 rings (SSSR count). The highest BCUT2D eigenvalue weighted by molar-refractivity contribution is 5.91. The molecule has 2 nitrogen and oxygen atoms in total. The molecule has 1 saturated carbocycles. The van der Waals surface area contributed by atoms with Crippen LogP contribution in [-0.4, -0.2) is 5.91 Å². The molecule has 2 aromatic carbocycles. The van der Waals surface area contributed by atoms with Crippen molar-refractivity contribution in [2.24, 2.45) is 0 Å². The van der Waals surface area contributed by atoms with E-state index in [2.05, 4.69) is 5.32 Å². The summed E-state index contributed by atoms with van der Waals surface area (Å²) in [5.74, 6) is -0.203. The number of carbonyl (C=O) groups excluding carboxylic acids is 1. The van der Waals surface area contributed by atoms with Gasteiger partial charge in [0.25, 0.3) is 0 Å². The Bertz CT molecular complexity index is 632. The van der Waals surface area contributed by atoms with Gasteiger partial charge in [0.15, 0.2) is 0 Å². The smallest absolute Gasteiger partial charge is 0.231 e. The fourth-order valence-corrected chi connectivity index (χ4v) is 2.70. The first kappa shape index (κ1) is 13.8. The maximum Gasteiger partial charge on any atom is 0.231 e. The number of rotatable bonds is 4. The van der Waals surface area contributed by atoms with Crippen molar-refractivity contribution >= 4 is 5.91 Å². The zero-order valence-corrected chi connectivity index (χ0v) is 12.0. The van der Waals surface area contributed by atoms with Gasteiger partial charge in [-0.05, 0) is 43.0 Å². The number of hydrogen-bond acceptors (Lipinski definition) is 1. The van der Waals surface area contributed by atoms with Crippen molar-refractivity contribution in [3.05, 3.63) is 71.5 Å². The minimum absolute atomic E-state index is 0.0607. The topological polar surface area (TPSA) is 29.1 Å². The molecule has 1 amide bonds. The van der Waals surface area contributed by atoms with Crippen molar-refractivity contribution in [1.82, 2.24) is 5.32 Å². The number of nitrogens with one attached hydrogen (secondary N) is 1. The summed E-state index contributed by atoms with van der Waals surface area (Å²) in [7, 11) is 0. The highest BCUT2D eigenvalue weighted by Crippen LogP contribution is 2.48. The number of benzene rings is 2. The van der Waals surface area contributed by atoms with E-state index < -0.39 is 0 Å². The molecule has 0 saturated heterocycles. The third kappa shape index (κ3) is 2.68. The fourth-order valence-electron chi connectivity index (χ4n) is 2.70. The normalized spacial score (nSPS) is 17.0. The number of amides is 1. The Hall–Kier alpha value is -2.16. The van der Waals surface area contributed by atoms with Crippen LogP contribution in [0, 0.1) is 5.82 Å². The van der Waals surface area contributed by atoms with Gasteiger partial charge < -0.3 is 5.32 Å². The molecule has 1 atom stereocenters. The van der Waals surface area contributed by atoms with Crippen LogP contribution in [0.25, 0.3) is 0 Å². The molecular formula is C18H18FNO. The molecule has 1 N–H and O–H groups in total. The second kappa shape index (κ2) is 5.32. The summed E-state index contributed by atoms with van der Waals surface area (Å²) in [6.07, 6.45) is 1.78. The van der Waals surface area contributed by atoms with Crippen LogP contribution in [0.3, 0.4) is 0 Å². The predicted molar refractivity (Wildman–Crippen MR) is 80.3 cm³/mol. The largest absolute Gasteiger partial charge is 0.349 e. The van der Waals surface area contributed by atoms with Gasteiger partial charge in [0.1, 0.15) is 5.82 Å². The van der Waals surface area contributed by atoms with Gasteiger partial charge in [0.2, 0.25) is 5.91 Å². The summed E-state index contributed by atoms with van der Waals surface area (Å²) in [5.41, 5.74) is 1.62. The van der Waals surface area contributed by atoms with Gasteiger partial charge in [-0.25, -0.2) is 4.39 Å². The quantitative estimate of drug-likeness (QED) is 0.910. The van der Waals surface area contributed by atoms with Crippen molar-refractivity contribution in [3.8, 4) is 0 Å². The molecule has 0 radical (unpaired) electrons. The molecule has 1 aliphatic carbocycles. The van der Waals surface area contributed by atoms with E-state index in [1.165, 1.54) is 12.1 Å². The molecule has 108 valence electrons. The summed E-state index contributed by atoms with van der Waals surface area (Å²) < 4.78 is 12.9. The van der Waals surface area contributed by atoms with E-state index in [4.69, 9.17) is 0 Å². The lowest BCUT2D eigenvalue weighted by molar-refractivity contribution is -0.124. The van der Waals surface area contributed by atoms with E-state index in [-0.39, 0.29) is 23.2 Å². The molecule has 0 unspecified atom stereocenters. The van der Waals surface area contributed by atoms with E-state index in [0.717, 1.165) is 24.0 Å². The summed E-state index contributed by atoms with van der Waals surface area (Å²) in [6, 6.07) is 16.0.